The zero-order valence-electron chi connectivity index (χ0n) is 21.0. The second kappa shape index (κ2) is 10.8. The highest BCUT2D eigenvalue weighted by molar-refractivity contribution is 6.36. The summed E-state index contributed by atoms with van der Waals surface area (Å²) in [6.45, 7) is 0. The Bertz CT molecular complexity index is 1630. The van der Waals surface area contributed by atoms with Crippen LogP contribution in [0.4, 0.5) is 5.69 Å². The lowest BCUT2D eigenvalue weighted by atomic mass is 10.1. The molecule has 3 aromatic carbocycles. The number of anilines is 1. The Morgan fingerprint density at radius 1 is 0.821 bits per heavy atom. The van der Waals surface area contributed by atoms with Gasteiger partial charge in [-0.15, -0.1) is 0 Å². The topological polar surface area (TPSA) is 86.0 Å². The SMILES string of the molecule is COC(=O)c1ccc(-c2ccc(/C=C3\C=C(c4ccccc4)N(c4cc(C(=O)OC)ccc4Cl)C3=O)o2)cc1. The molecule has 0 unspecified atom stereocenters. The Morgan fingerprint density at radius 2 is 1.49 bits per heavy atom. The summed E-state index contributed by atoms with van der Waals surface area (Å²) in [5.41, 5.74) is 3.58. The van der Waals surface area contributed by atoms with E-state index in [0.717, 1.165) is 11.1 Å². The van der Waals surface area contributed by atoms with Crippen LogP contribution < -0.4 is 4.90 Å². The number of esters is 2. The molecule has 0 saturated carbocycles. The molecule has 0 fully saturated rings. The maximum absolute atomic E-state index is 13.7. The highest BCUT2D eigenvalue weighted by Gasteiger charge is 2.32. The van der Waals surface area contributed by atoms with Gasteiger partial charge in [0.15, 0.2) is 0 Å². The number of methoxy groups -OCH3 is 2. The molecule has 0 radical (unpaired) electrons. The van der Waals surface area contributed by atoms with Gasteiger partial charge in [-0.3, -0.25) is 9.69 Å². The third kappa shape index (κ3) is 5.12. The molecule has 1 aromatic heterocycles. The van der Waals surface area contributed by atoms with Gasteiger partial charge in [0, 0.05) is 11.1 Å². The van der Waals surface area contributed by atoms with E-state index in [0.29, 0.717) is 39.1 Å². The summed E-state index contributed by atoms with van der Waals surface area (Å²) in [6.07, 6.45) is 3.40. The molecule has 5 rings (SSSR count). The fourth-order valence-corrected chi connectivity index (χ4v) is 4.43. The van der Waals surface area contributed by atoms with E-state index in [9.17, 15) is 14.4 Å². The van der Waals surface area contributed by atoms with Gasteiger partial charge in [-0.25, -0.2) is 9.59 Å². The molecule has 0 saturated heterocycles. The van der Waals surface area contributed by atoms with Crippen LogP contribution in [0.15, 0.2) is 101 Å². The van der Waals surface area contributed by atoms with Crippen molar-refractivity contribution in [1.29, 1.82) is 0 Å². The van der Waals surface area contributed by atoms with Crippen LogP contribution in [0.1, 0.15) is 32.0 Å². The molecule has 0 N–H and O–H groups in total. The predicted molar refractivity (Wildman–Crippen MR) is 148 cm³/mol. The molecule has 1 aliphatic heterocycles. The van der Waals surface area contributed by atoms with Crippen LogP contribution in [-0.4, -0.2) is 32.1 Å². The number of ether oxygens (including phenoxy) is 2. The van der Waals surface area contributed by atoms with E-state index in [2.05, 4.69) is 0 Å². The number of halogens is 1. The first kappa shape index (κ1) is 25.8. The van der Waals surface area contributed by atoms with Crippen LogP contribution in [0, 0.1) is 0 Å². The molecule has 194 valence electrons. The summed E-state index contributed by atoms with van der Waals surface area (Å²) in [5.74, 6) is -0.262. The normalized spacial score (nSPS) is 13.9. The Kier molecular flexibility index (Phi) is 7.17. The van der Waals surface area contributed by atoms with Crippen LogP contribution in [0.3, 0.4) is 0 Å². The molecular formula is C31H22ClNO6. The van der Waals surface area contributed by atoms with E-state index in [4.69, 9.17) is 25.5 Å². The molecule has 1 amide bonds. The zero-order valence-corrected chi connectivity index (χ0v) is 21.8. The lowest BCUT2D eigenvalue weighted by molar-refractivity contribution is -0.113. The Morgan fingerprint density at radius 3 is 2.18 bits per heavy atom. The fourth-order valence-electron chi connectivity index (χ4n) is 4.23. The van der Waals surface area contributed by atoms with Gasteiger partial charge in [-0.1, -0.05) is 54.1 Å². The van der Waals surface area contributed by atoms with Gasteiger partial charge >= 0.3 is 11.9 Å². The van der Waals surface area contributed by atoms with Gasteiger partial charge in [0.05, 0.1) is 41.8 Å². The number of hydrogen-bond acceptors (Lipinski definition) is 6. The van der Waals surface area contributed by atoms with Gasteiger partial charge in [-0.05, 0) is 60.2 Å². The summed E-state index contributed by atoms with van der Waals surface area (Å²) in [7, 11) is 2.62. The summed E-state index contributed by atoms with van der Waals surface area (Å²) in [6, 6.07) is 24.4. The first-order valence-electron chi connectivity index (χ1n) is 11.9. The summed E-state index contributed by atoms with van der Waals surface area (Å²) >= 11 is 6.52. The van der Waals surface area contributed by atoms with E-state index in [-0.39, 0.29) is 11.5 Å². The number of benzene rings is 3. The van der Waals surface area contributed by atoms with Crippen LogP contribution in [0.2, 0.25) is 5.02 Å². The van der Waals surface area contributed by atoms with Crippen molar-refractivity contribution in [2.75, 3.05) is 19.1 Å². The van der Waals surface area contributed by atoms with Crippen molar-refractivity contribution >= 4 is 46.9 Å². The monoisotopic (exact) mass is 539 g/mol. The van der Waals surface area contributed by atoms with Crippen molar-refractivity contribution in [3.05, 3.63) is 124 Å². The van der Waals surface area contributed by atoms with Gasteiger partial charge in [0.1, 0.15) is 11.5 Å². The van der Waals surface area contributed by atoms with Crippen LogP contribution >= 0.6 is 11.6 Å². The minimum Gasteiger partial charge on any atom is -0.465 e. The van der Waals surface area contributed by atoms with Gasteiger partial charge in [-0.2, -0.15) is 0 Å². The largest absolute Gasteiger partial charge is 0.465 e. The average molecular weight is 540 g/mol. The standard InChI is InChI=1S/C31H22ClNO6/c1-37-30(35)21-10-8-20(9-11-21)28-15-13-24(39-28)16-23-18-26(19-6-4-3-5-7-19)33(29(23)34)27-17-22(31(36)38-2)12-14-25(27)32/h3-18H,1-2H3/b23-16+. The second-order valence-corrected chi connectivity index (χ2v) is 8.97. The lowest BCUT2D eigenvalue weighted by Gasteiger charge is -2.22. The average Bonchev–Trinajstić information content (AvgIpc) is 3.57. The maximum atomic E-state index is 13.7. The molecule has 0 spiro atoms. The number of carbonyl (C=O) groups is 3. The number of carbonyl (C=O) groups excluding carboxylic acids is 3. The van der Waals surface area contributed by atoms with Crippen molar-refractivity contribution in [3.8, 4) is 11.3 Å². The molecule has 8 heteroatoms. The van der Waals surface area contributed by atoms with Crippen LogP contribution in [-0.2, 0) is 14.3 Å². The fraction of sp³-hybridized carbons (Fsp3) is 0.0645. The quantitative estimate of drug-likeness (QED) is 0.201. The summed E-state index contributed by atoms with van der Waals surface area (Å²) < 4.78 is 15.6. The van der Waals surface area contributed by atoms with Gasteiger partial charge in [0.2, 0.25) is 0 Å². The molecular weight excluding hydrogens is 518 g/mol. The minimum absolute atomic E-state index is 0.267. The number of hydrogen-bond donors (Lipinski definition) is 0. The zero-order chi connectivity index (χ0) is 27.5. The Hall–Kier alpha value is -4.88. The first-order valence-corrected chi connectivity index (χ1v) is 12.3. The van der Waals surface area contributed by atoms with Crippen molar-refractivity contribution in [2.45, 2.75) is 0 Å². The van der Waals surface area contributed by atoms with E-state index < -0.39 is 11.9 Å². The van der Waals surface area contributed by atoms with Crippen molar-refractivity contribution in [3.63, 3.8) is 0 Å². The molecule has 39 heavy (non-hydrogen) atoms. The van der Waals surface area contributed by atoms with Crippen molar-refractivity contribution in [2.24, 2.45) is 0 Å². The smallest absolute Gasteiger partial charge is 0.337 e. The maximum Gasteiger partial charge on any atom is 0.337 e. The van der Waals surface area contributed by atoms with E-state index in [1.807, 2.05) is 30.3 Å². The molecule has 4 aromatic rings. The van der Waals surface area contributed by atoms with Crippen molar-refractivity contribution in [1.82, 2.24) is 0 Å². The highest BCUT2D eigenvalue weighted by Crippen LogP contribution is 2.39. The highest BCUT2D eigenvalue weighted by atomic mass is 35.5. The number of rotatable bonds is 6. The third-order valence-electron chi connectivity index (χ3n) is 6.18. The van der Waals surface area contributed by atoms with Crippen molar-refractivity contribution < 1.29 is 28.3 Å². The Labute approximate surface area is 229 Å². The lowest BCUT2D eigenvalue weighted by Crippen LogP contribution is -2.25. The van der Waals surface area contributed by atoms with Gasteiger partial charge in [0.25, 0.3) is 5.91 Å². The number of furan rings is 1. The molecule has 1 aliphatic rings. The summed E-state index contributed by atoms with van der Waals surface area (Å²) in [5, 5.41) is 0.301. The van der Waals surface area contributed by atoms with E-state index in [1.54, 1.807) is 60.7 Å². The predicted octanol–water partition coefficient (Wildman–Crippen LogP) is 6.64. The Balaban J connectivity index is 1.52. The molecule has 2 heterocycles. The second-order valence-electron chi connectivity index (χ2n) is 8.56. The molecule has 0 atom stereocenters. The van der Waals surface area contributed by atoms with E-state index in [1.165, 1.54) is 25.2 Å². The van der Waals surface area contributed by atoms with Crippen LogP contribution in [0.5, 0.6) is 0 Å². The number of nitrogens with zero attached hydrogens (tertiary/aromatic N) is 1. The molecule has 0 bridgehead atoms. The third-order valence-corrected chi connectivity index (χ3v) is 6.50. The van der Waals surface area contributed by atoms with Gasteiger partial charge < -0.3 is 13.9 Å². The molecule has 7 nitrogen and oxygen atoms in total. The first-order chi connectivity index (χ1) is 18.9. The minimum atomic E-state index is -0.539. The summed E-state index contributed by atoms with van der Waals surface area (Å²) in [4.78, 5) is 39.1. The van der Waals surface area contributed by atoms with Crippen LogP contribution in [0.25, 0.3) is 23.1 Å². The van der Waals surface area contributed by atoms with E-state index >= 15 is 0 Å². The molecule has 0 aliphatic carbocycles. The number of amides is 1.